The van der Waals surface area contributed by atoms with E-state index >= 15 is 0 Å². The molecule has 0 aliphatic carbocycles. The summed E-state index contributed by atoms with van der Waals surface area (Å²) in [7, 11) is 0. The number of nitrogens with two attached hydrogens (primary N) is 1. The van der Waals surface area contributed by atoms with E-state index in [-0.39, 0.29) is 0 Å². The molecule has 1 aromatic carbocycles. The van der Waals surface area contributed by atoms with Crippen LogP contribution >= 0.6 is 11.6 Å². The highest BCUT2D eigenvalue weighted by Gasteiger charge is 2.15. The van der Waals surface area contributed by atoms with Crippen molar-refractivity contribution >= 4 is 22.6 Å². The third kappa shape index (κ3) is 2.52. The maximum Gasteiger partial charge on any atom is 0.112 e. The Kier molecular flexibility index (Phi) is 4.25. The van der Waals surface area contributed by atoms with Crippen molar-refractivity contribution in [2.45, 2.75) is 39.2 Å². The summed E-state index contributed by atoms with van der Waals surface area (Å²) >= 11 is 6.08. The smallest absolute Gasteiger partial charge is 0.112 e. The first-order valence-electron chi connectivity index (χ1n) is 6.53. The molecule has 1 heterocycles. The van der Waals surface area contributed by atoms with Gasteiger partial charge in [0.05, 0.1) is 11.0 Å². The second-order valence-corrected chi connectivity index (χ2v) is 5.17. The Morgan fingerprint density at radius 3 is 2.89 bits per heavy atom. The summed E-state index contributed by atoms with van der Waals surface area (Å²) in [4.78, 5) is 4.74. The van der Waals surface area contributed by atoms with Gasteiger partial charge in [-0.25, -0.2) is 4.98 Å². The van der Waals surface area contributed by atoms with Crippen LogP contribution in [0, 0.1) is 0 Å². The molecule has 0 amide bonds. The van der Waals surface area contributed by atoms with Crippen molar-refractivity contribution in [2.75, 3.05) is 6.54 Å². The number of aryl methyl sites for hydroxylation is 1. The van der Waals surface area contributed by atoms with Crippen LogP contribution in [-0.2, 0) is 6.54 Å². The van der Waals surface area contributed by atoms with E-state index in [2.05, 4.69) is 18.4 Å². The van der Waals surface area contributed by atoms with E-state index < -0.39 is 0 Å². The molecule has 2 aromatic rings. The second-order valence-electron chi connectivity index (χ2n) is 4.73. The van der Waals surface area contributed by atoms with Gasteiger partial charge >= 0.3 is 0 Å². The van der Waals surface area contributed by atoms with Crippen LogP contribution in [-0.4, -0.2) is 16.1 Å². The summed E-state index contributed by atoms with van der Waals surface area (Å²) in [5.41, 5.74) is 7.80. The lowest BCUT2D eigenvalue weighted by Crippen LogP contribution is -2.11. The Labute approximate surface area is 113 Å². The minimum Gasteiger partial charge on any atom is -0.330 e. The van der Waals surface area contributed by atoms with Crippen LogP contribution in [0.1, 0.15) is 38.4 Å². The fourth-order valence-corrected chi connectivity index (χ4v) is 2.49. The summed E-state index contributed by atoms with van der Waals surface area (Å²) in [6.07, 6.45) is 2.04. The van der Waals surface area contributed by atoms with Gasteiger partial charge < -0.3 is 10.3 Å². The van der Waals surface area contributed by atoms with E-state index in [9.17, 15) is 0 Å². The van der Waals surface area contributed by atoms with Crippen LogP contribution in [0.3, 0.4) is 0 Å². The molecular weight excluding hydrogens is 246 g/mol. The van der Waals surface area contributed by atoms with Crippen molar-refractivity contribution in [1.29, 1.82) is 0 Å². The Bertz CT molecular complexity index is 533. The molecule has 0 aliphatic rings. The molecule has 2 N–H and O–H groups in total. The number of rotatable bonds is 5. The van der Waals surface area contributed by atoms with E-state index in [1.807, 2.05) is 18.2 Å². The van der Waals surface area contributed by atoms with Gasteiger partial charge in [0.1, 0.15) is 5.82 Å². The van der Waals surface area contributed by atoms with Gasteiger partial charge in [-0.05, 0) is 37.6 Å². The molecule has 0 fully saturated rings. The van der Waals surface area contributed by atoms with Gasteiger partial charge in [0.15, 0.2) is 0 Å². The van der Waals surface area contributed by atoms with Gasteiger partial charge in [-0.2, -0.15) is 0 Å². The molecule has 1 atom stereocenters. The van der Waals surface area contributed by atoms with E-state index in [0.717, 1.165) is 41.3 Å². The minimum atomic E-state index is 0.382. The van der Waals surface area contributed by atoms with E-state index in [0.29, 0.717) is 12.5 Å². The molecule has 4 heteroatoms. The third-order valence-electron chi connectivity index (χ3n) is 3.23. The molecule has 0 spiro atoms. The Balaban J connectivity index is 2.54. The van der Waals surface area contributed by atoms with E-state index in [4.69, 9.17) is 22.3 Å². The Hall–Kier alpha value is -1.06. The van der Waals surface area contributed by atoms with Gasteiger partial charge in [0, 0.05) is 17.5 Å². The molecule has 0 bridgehead atoms. The second kappa shape index (κ2) is 5.72. The van der Waals surface area contributed by atoms with Crippen molar-refractivity contribution in [3.63, 3.8) is 0 Å². The molecule has 0 saturated carbocycles. The SMILES string of the molecule is CCCn1c(C(C)CCN)nc2ccc(Cl)cc21. The number of imidazole rings is 1. The number of halogens is 1. The van der Waals surface area contributed by atoms with Crippen molar-refractivity contribution in [2.24, 2.45) is 5.73 Å². The summed E-state index contributed by atoms with van der Waals surface area (Å²) in [6, 6.07) is 5.88. The summed E-state index contributed by atoms with van der Waals surface area (Å²) in [6.45, 7) is 6.02. The average Bonchev–Trinajstić information content (AvgIpc) is 2.69. The molecule has 2 rings (SSSR count). The lowest BCUT2D eigenvalue weighted by molar-refractivity contribution is 0.578. The molecule has 0 saturated heterocycles. The highest BCUT2D eigenvalue weighted by Crippen LogP contribution is 2.26. The molecule has 0 radical (unpaired) electrons. The summed E-state index contributed by atoms with van der Waals surface area (Å²) in [5, 5.41) is 0.762. The predicted molar refractivity (Wildman–Crippen MR) is 77.1 cm³/mol. The van der Waals surface area contributed by atoms with Gasteiger partial charge in [-0.3, -0.25) is 0 Å². The number of benzene rings is 1. The lowest BCUT2D eigenvalue weighted by Gasteiger charge is -2.13. The highest BCUT2D eigenvalue weighted by molar-refractivity contribution is 6.31. The van der Waals surface area contributed by atoms with Crippen LogP contribution in [0.15, 0.2) is 18.2 Å². The molecule has 1 unspecified atom stereocenters. The fraction of sp³-hybridized carbons (Fsp3) is 0.500. The highest BCUT2D eigenvalue weighted by atomic mass is 35.5. The Morgan fingerprint density at radius 1 is 1.44 bits per heavy atom. The number of fused-ring (bicyclic) bond motifs is 1. The lowest BCUT2D eigenvalue weighted by atomic mass is 10.1. The van der Waals surface area contributed by atoms with Crippen LogP contribution in [0.25, 0.3) is 11.0 Å². The first-order valence-corrected chi connectivity index (χ1v) is 6.91. The van der Waals surface area contributed by atoms with Crippen molar-refractivity contribution in [1.82, 2.24) is 9.55 Å². The molecule has 3 nitrogen and oxygen atoms in total. The number of hydrogen-bond acceptors (Lipinski definition) is 2. The third-order valence-corrected chi connectivity index (χ3v) is 3.46. The molecule has 1 aromatic heterocycles. The number of nitrogens with zero attached hydrogens (tertiary/aromatic N) is 2. The molecular formula is C14H20ClN3. The van der Waals surface area contributed by atoms with Crippen molar-refractivity contribution in [3.8, 4) is 0 Å². The van der Waals surface area contributed by atoms with Crippen molar-refractivity contribution in [3.05, 3.63) is 29.0 Å². The van der Waals surface area contributed by atoms with Gasteiger partial charge in [-0.1, -0.05) is 25.4 Å². The predicted octanol–water partition coefficient (Wildman–Crippen LogP) is 3.55. The van der Waals surface area contributed by atoms with Crippen LogP contribution in [0.5, 0.6) is 0 Å². The number of hydrogen-bond donors (Lipinski definition) is 1. The Morgan fingerprint density at radius 2 is 2.22 bits per heavy atom. The summed E-state index contributed by atoms with van der Waals surface area (Å²) < 4.78 is 2.28. The molecule has 18 heavy (non-hydrogen) atoms. The monoisotopic (exact) mass is 265 g/mol. The quantitative estimate of drug-likeness (QED) is 0.898. The first-order chi connectivity index (χ1) is 8.67. The normalized spacial score (nSPS) is 13.1. The zero-order valence-corrected chi connectivity index (χ0v) is 11.7. The van der Waals surface area contributed by atoms with Gasteiger partial charge in [0.25, 0.3) is 0 Å². The zero-order chi connectivity index (χ0) is 13.1. The standard InChI is InChI=1S/C14H20ClN3/c1-3-8-18-13-9-11(15)4-5-12(13)17-14(18)10(2)6-7-16/h4-5,9-10H,3,6-8,16H2,1-2H3. The van der Waals surface area contributed by atoms with Crippen LogP contribution < -0.4 is 5.73 Å². The van der Waals surface area contributed by atoms with Crippen molar-refractivity contribution < 1.29 is 0 Å². The maximum atomic E-state index is 6.08. The van der Waals surface area contributed by atoms with Gasteiger partial charge in [0.2, 0.25) is 0 Å². The maximum absolute atomic E-state index is 6.08. The fourth-order valence-electron chi connectivity index (χ4n) is 2.33. The topological polar surface area (TPSA) is 43.8 Å². The van der Waals surface area contributed by atoms with E-state index in [1.54, 1.807) is 0 Å². The molecule has 0 aliphatic heterocycles. The average molecular weight is 266 g/mol. The minimum absolute atomic E-state index is 0.382. The summed E-state index contributed by atoms with van der Waals surface area (Å²) in [5.74, 6) is 1.51. The van der Waals surface area contributed by atoms with Crippen LogP contribution in [0.4, 0.5) is 0 Å². The largest absolute Gasteiger partial charge is 0.330 e. The van der Waals surface area contributed by atoms with Crippen LogP contribution in [0.2, 0.25) is 5.02 Å². The van der Waals surface area contributed by atoms with Gasteiger partial charge in [-0.15, -0.1) is 0 Å². The van der Waals surface area contributed by atoms with E-state index in [1.165, 1.54) is 0 Å². The number of aromatic nitrogens is 2. The molecule has 98 valence electrons. The first kappa shape index (κ1) is 13.4. The zero-order valence-electron chi connectivity index (χ0n) is 11.0.